The summed E-state index contributed by atoms with van der Waals surface area (Å²) in [6, 6.07) is 0. The molecule has 1 unspecified atom stereocenters. The van der Waals surface area contributed by atoms with Crippen LogP contribution in [0.25, 0.3) is 0 Å². The topological polar surface area (TPSA) is 49.4 Å². The number of hydrogen-bond acceptors (Lipinski definition) is 3. The Morgan fingerprint density at radius 1 is 1.44 bits per heavy atom. The molecule has 0 aromatic heterocycles. The number of rotatable bonds is 1. The maximum atomic E-state index is 10.7. The van der Waals surface area contributed by atoms with E-state index in [1.165, 1.54) is 0 Å². The van der Waals surface area contributed by atoms with Crippen LogP contribution in [0.1, 0.15) is 0 Å². The smallest absolute Gasteiger partial charge is 0.750 e. The third kappa shape index (κ3) is 11.9. The maximum Gasteiger partial charge on any atom is 1.00 e. The summed E-state index contributed by atoms with van der Waals surface area (Å²) in [7, 11) is 0. The minimum Gasteiger partial charge on any atom is -0.750 e. The fourth-order valence-corrected chi connectivity index (χ4v) is 0.231. The van der Waals surface area contributed by atoms with E-state index in [1.807, 2.05) is 0 Å². The Labute approximate surface area is 66.6 Å². The standard InChI is InChI=1S/CHF3O3S.Ag/c2-1(3,4)7-8(5)6;/h(H,5,6);/q;+1/p-1. The monoisotopic (exact) mass is 256 g/mol. The van der Waals surface area contributed by atoms with E-state index in [4.69, 9.17) is 8.76 Å². The molecule has 0 fully saturated rings. The van der Waals surface area contributed by atoms with Gasteiger partial charge in [-0.1, -0.05) is 0 Å². The molecule has 3 nitrogen and oxygen atoms in total. The molecule has 60 valence electrons. The van der Waals surface area contributed by atoms with E-state index in [9.17, 15) is 13.2 Å². The van der Waals surface area contributed by atoms with Crippen molar-refractivity contribution in [1.29, 1.82) is 0 Å². The minimum absolute atomic E-state index is 0. The van der Waals surface area contributed by atoms with Crippen LogP contribution in [-0.4, -0.2) is 15.1 Å². The van der Waals surface area contributed by atoms with E-state index < -0.39 is 17.7 Å². The van der Waals surface area contributed by atoms with Crippen LogP contribution in [0.2, 0.25) is 0 Å². The van der Waals surface area contributed by atoms with Crippen molar-refractivity contribution in [2.24, 2.45) is 0 Å². The molecule has 0 saturated carbocycles. The summed E-state index contributed by atoms with van der Waals surface area (Å²) in [6.45, 7) is 0. The molecule has 0 aromatic rings. The summed E-state index contributed by atoms with van der Waals surface area (Å²) in [5.41, 5.74) is 0. The van der Waals surface area contributed by atoms with Gasteiger partial charge in [-0.2, -0.15) is 0 Å². The van der Waals surface area contributed by atoms with Gasteiger partial charge in [-0.25, -0.2) is 8.39 Å². The molecule has 0 aromatic carbocycles. The molecule has 0 bridgehead atoms. The van der Waals surface area contributed by atoms with Crippen LogP contribution in [0.3, 0.4) is 0 Å². The van der Waals surface area contributed by atoms with Crippen molar-refractivity contribution in [2.45, 2.75) is 6.36 Å². The zero-order chi connectivity index (χ0) is 6.78. The molecular formula is CAgF3O3S. The predicted octanol–water partition coefficient (Wildman–Crippen LogP) is 0.314. The molecule has 1 atom stereocenters. The Morgan fingerprint density at radius 3 is 1.78 bits per heavy atom. The van der Waals surface area contributed by atoms with Crippen LogP contribution in [0.15, 0.2) is 0 Å². The molecule has 0 aliphatic carbocycles. The van der Waals surface area contributed by atoms with Gasteiger partial charge >= 0.3 is 28.7 Å². The first-order chi connectivity index (χ1) is 3.42. The fourth-order valence-electron chi connectivity index (χ4n) is 0.0772. The van der Waals surface area contributed by atoms with E-state index >= 15 is 0 Å². The third-order valence-corrected chi connectivity index (χ3v) is 0.488. The zero-order valence-electron chi connectivity index (χ0n) is 3.57. The second-order valence-electron chi connectivity index (χ2n) is 0.733. The molecule has 0 aliphatic rings. The molecule has 0 spiro atoms. The Bertz CT molecular complexity index is 102. The number of alkyl halides is 3. The van der Waals surface area contributed by atoms with Crippen molar-refractivity contribution >= 4 is 11.4 Å². The van der Waals surface area contributed by atoms with E-state index in [-0.39, 0.29) is 22.4 Å². The van der Waals surface area contributed by atoms with Crippen molar-refractivity contribution in [3.63, 3.8) is 0 Å². The van der Waals surface area contributed by atoms with Crippen molar-refractivity contribution in [3.8, 4) is 0 Å². The molecule has 9 heavy (non-hydrogen) atoms. The largest absolute Gasteiger partial charge is 1.00 e. The maximum absolute atomic E-state index is 10.7. The van der Waals surface area contributed by atoms with Crippen molar-refractivity contribution < 1.29 is 48.5 Å². The van der Waals surface area contributed by atoms with Crippen molar-refractivity contribution in [2.75, 3.05) is 0 Å². The van der Waals surface area contributed by atoms with Gasteiger partial charge in [0.2, 0.25) is 0 Å². The van der Waals surface area contributed by atoms with Gasteiger partial charge in [0.1, 0.15) is 0 Å². The molecule has 0 aliphatic heterocycles. The minimum atomic E-state index is -5.09. The summed E-state index contributed by atoms with van der Waals surface area (Å²) in [5, 5.41) is 0. The van der Waals surface area contributed by atoms with Gasteiger partial charge in [0.15, 0.2) is 0 Å². The first-order valence-corrected chi connectivity index (χ1v) is 2.27. The van der Waals surface area contributed by atoms with Gasteiger partial charge in [-0.05, 0) is 0 Å². The normalized spacial score (nSPS) is 14.2. The van der Waals surface area contributed by atoms with E-state index in [1.54, 1.807) is 0 Å². The van der Waals surface area contributed by atoms with Gasteiger partial charge in [0.05, 0.1) is 11.4 Å². The van der Waals surface area contributed by atoms with Crippen molar-refractivity contribution in [3.05, 3.63) is 0 Å². The van der Waals surface area contributed by atoms with Crippen LogP contribution in [0.5, 0.6) is 0 Å². The van der Waals surface area contributed by atoms with Crippen molar-refractivity contribution in [1.82, 2.24) is 0 Å². The van der Waals surface area contributed by atoms with Gasteiger partial charge in [0.25, 0.3) is 0 Å². The summed E-state index contributed by atoms with van der Waals surface area (Å²) < 4.78 is 52.6. The van der Waals surface area contributed by atoms with E-state index in [0.717, 1.165) is 0 Å². The summed E-state index contributed by atoms with van der Waals surface area (Å²) >= 11 is -3.51. The second-order valence-corrected chi connectivity index (χ2v) is 1.31. The fraction of sp³-hybridized carbons (Fsp3) is 1.00. The van der Waals surface area contributed by atoms with Crippen LogP contribution in [-0.2, 0) is 37.9 Å². The van der Waals surface area contributed by atoms with Crippen LogP contribution in [0, 0.1) is 0 Å². The van der Waals surface area contributed by atoms with Crippen LogP contribution < -0.4 is 0 Å². The Morgan fingerprint density at radius 2 is 1.78 bits per heavy atom. The Balaban J connectivity index is 0. The Hall–Kier alpha value is 0.600. The summed E-state index contributed by atoms with van der Waals surface area (Å²) in [4.78, 5) is 0. The molecule has 0 heterocycles. The van der Waals surface area contributed by atoms with Gasteiger partial charge < -0.3 is 4.55 Å². The summed E-state index contributed by atoms with van der Waals surface area (Å²) in [5.74, 6) is 0. The molecule has 0 amide bonds. The third-order valence-electron chi connectivity index (χ3n) is 0.163. The first kappa shape index (κ1) is 12.3. The molecular weight excluding hydrogens is 257 g/mol. The molecule has 0 rings (SSSR count). The average molecular weight is 257 g/mol. The van der Waals surface area contributed by atoms with E-state index in [2.05, 4.69) is 4.18 Å². The average Bonchev–Trinajstić information content (AvgIpc) is 1.21. The van der Waals surface area contributed by atoms with Gasteiger partial charge in [-0.15, -0.1) is 13.2 Å². The zero-order valence-corrected chi connectivity index (χ0v) is 5.87. The quantitative estimate of drug-likeness (QED) is 0.502. The summed E-state index contributed by atoms with van der Waals surface area (Å²) in [6.07, 6.45) is -5.09. The van der Waals surface area contributed by atoms with Crippen LogP contribution in [0.4, 0.5) is 13.2 Å². The molecule has 0 saturated heterocycles. The molecule has 0 N–H and O–H groups in total. The predicted molar refractivity (Wildman–Crippen MR) is 16.1 cm³/mol. The SMILES string of the molecule is O=S([O-])OC(F)(F)F.[Ag+]. The van der Waals surface area contributed by atoms with E-state index in [0.29, 0.717) is 0 Å². The second kappa shape index (κ2) is 4.42. The molecule has 8 heteroatoms. The van der Waals surface area contributed by atoms with Gasteiger partial charge in [-0.3, -0.25) is 0 Å². The molecule has 0 radical (unpaired) electrons. The van der Waals surface area contributed by atoms with Crippen LogP contribution >= 0.6 is 0 Å². The Kier molecular flexibility index (Phi) is 6.04. The number of halogens is 3. The number of hydrogen-bond donors (Lipinski definition) is 0. The van der Waals surface area contributed by atoms with Gasteiger partial charge in [0, 0.05) is 0 Å². The first-order valence-electron chi connectivity index (χ1n) is 1.27.